The summed E-state index contributed by atoms with van der Waals surface area (Å²) in [5.41, 5.74) is 6.27. The molecule has 88 valence electrons. The monoisotopic (exact) mass is 242 g/mol. The third-order valence-electron chi connectivity index (χ3n) is 3.17. The van der Waals surface area contributed by atoms with Gasteiger partial charge in [-0.2, -0.15) is 0 Å². The second-order valence-electron chi connectivity index (χ2n) is 4.28. The molecule has 1 aliphatic rings. The fourth-order valence-corrected chi connectivity index (χ4v) is 2.34. The molecule has 0 saturated heterocycles. The van der Waals surface area contributed by atoms with E-state index in [0.717, 1.165) is 0 Å². The molecule has 0 aliphatic heterocycles. The number of rotatable bonds is 4. The van der Waals surface area contributed by atoms with E-state index in [1.165, 1.54) is 18.9 Å². The second kappa shape index (κ2) is 4.70. The van der Waals surface area contributed by atoms with Crippen molar-refractivity contribution in [2.24, 2.45) is 5.73 Å². The molecule has 1 saturated carbocycles. The highest BCUT2D eigenvalue weighted by Crippen LogP contribution is 2.35. The third-order valence-corrected chi connectivity index (χ3v) is 3.50. The van der Waals surface area contributed by atoms with Crippen LogP contribution in [-0.2, 0) is 0 Å². The fourth-order valence-electron chi connectivity index (χ4n) is 2.05. The molecule has 0 bridgehead atoms. The standard InChI is InChI=1S/C12H16ClFN2/c1-16(8-5-6-8)11(7-15)12-9(13)3-2-4-10(12)14/h2-4,8,11H,5-7,15H2,1H3. The van der Waals surface area contributed by atoms with Gasteiger partial charge in [0.15, 0.2) is 0 Å². The summed E-state index contributed by atoms with van der Waals surface area (Å²) in [6.45, 7) is 0.383. The smallest absolute Gasteiger partial charge is 0.129 e. The van der Waals surface area contributed by atoms with Gasteiger partial charge in [0.1, 0.15) is 5.82 Å². The maximum atomic E-state index is 13.8. The molecular weight excluding hydrogens is 227 g/mol. The summed E-state index contributed by atoms with van der Waals surface area (Å²) in [6.07, 6.45) is 2.33. The van der Waals surface area contributed by atoms with Crippen molar-refractivity contribution in [2.45, 2.75) is 24.9 Å². The van der Waals surface area contributed by atoms with Gasteiger partial charge in [-0.1, -0.05) is 17.7 Å². The van der Waals surface area contributed by atoms with Crippen molar-refractivity contribution in [3.63, 3.8) is 0 Å². The molecule has 2 N–H and O–H groups in total. The van der Waals surface area contributed by atoms with Gasteiger partial charge in [-0.15, -0.1) is 0 Å². The van der Waals surface area contributed by atoms with Gasteiger partial charge in [-0.3, -0.25) is 4.90 Å². The van der Waals surface area contributed by atoms with E-state index >= 15 is 0 Å². The Hall–Kier alpha value is -0.640. The summed E-state index contributed by atoms with van der Waals surface area (Å²) < 4.78 is 13.8. The lowest BCUT2D eigenvalue weighted by Gasteiger charge is -2.28. The quantitative estimate of drug-likeness (QED) is 0.879. The maximum absolute atomic E-state index is 13.8. The zero-order valence-electron chi connectivity index (χ0n) is 9.29. The number of benzene rings is 1. The van der Waals surface area contributed by atoms with Crippen molar-refractivity contribution in [1.82, 2.24) is 4.90 Å². The minimum Gasteiger partial charge on any atom is -0.329 e. The van der Waals surface area contributed by atoms with Crippen LogP contribution in [0.1, 0.15) is 24.4 Å². The summed E-state index contributed by atoms with van der Waals surface area (Å²) in [5, 5.41) is 0.461. The van der Waals surface area contributed by atoms with Gasteiger partial charge in [-0.05, 0) is 32.0 Å². The van der Waals surface area contributed by atoms with Crippen molar-refractivity contribution in [3.05, 3.63) is 34.6 Å². The van der Waals surface area contributed by atoms with Gasteiger partial charge in [-0.25, -0.2) is 4.39 Å². The zero-order valence-corrected chi connectivity index (χ0v) is 10.0. The molecular formula is C12H16ClFN2. The number of hydrogen-bond donors (Lipinski definition) is 1. The predicted molar refractivity (Wildman–Crippen MR) is 64.0 cm³/mol. The highest BCUT2D eigenvalue weighted by molar-refractivity contribution is 6.31. The van der Waals surface area contributed by atoms with Crippen LogP contribution in [0.15, 0.2) is 18.2 Å². The van der Waals surface area contributed by atoms with Crippen LogP contribution in [0.3, 0.4) is 0 Å². The molecule has 0 heterocycles. The first-order valence-electron chi connectivity index (χ1n) is 5.51. The molecule has 1 fully saturated rings. The van der Waals surface area contributed by atoms with E-state index in [-0.39, 0.29) is 11.9 Å². The molecule has 0 aromatic heterocycles. The van der Waals surface area contributed by atoms with Crippen LogP contribution in [0, 0.1) is 5.82 Å². The van der Waals surface area contributed by atoms with Crippen LogP contribution in [0.5, 0.6) is 0 Å². The zero-order chi connectivity index (χ0) is 11.7. The lowest BCUT2D eigenvalue weighted by atomic mass is 10.0. The van der Waals surface area contributed by atoms with Crippen molar-refractivity contribution in [1.29, 1.82) is 0 Å². The lowest BCUT2D eigenvalue weighted by Crippen LogP contribution is -2.33. The van der Waals surface area contributed by atoms with Crippen LogP contribution < -0.4 is 5.73 Å². The molecule has 4 heteroatoms. The van der Waals surface area contributed by atoms with Crippen LogP contribution in [0.4, 0.5) is 4.39 Å². The average molecular weight is 243 g/mol. The Morgan fingerprint density at radius 1 is 1.56 bits per heavy atom. The van der Waals surface area contributed by atoms with Crippen molar-refractivity contribution in [3.8, 4) is 0 Å². The number of likely N-dealkylation sites (N-methyl/N-ethyl adjacent to an activating group) is 1. The first-order chi connectivity index (χ1) is 7.65. The van der Waals surface area contributed by atoms with Crippen molar-refractivity contribution in [2.75, 3.05) is 13.6 Å². The Morgan fingerprint density at radius 2 is 2.25 bits per heavy atom. The molecule has 1 unspecified atom stereocenters. The van der Waals surface area contributed by atoms with E-state index in [1.54, 1.807) is 12.1 Å². The highest BCUT2D eigenvalue weighted by Gasteiger charge is 2.33. The number of nitrogens with two attached hydrogens (primary N) is 1. The molecule has 16 heavy (non-hydrogen) atoms. The van der Waals surface area contributed by atoms with Gasteiger partial charge in [0.2, 0.25) is 0 Å². The largest absolute Gasteiger partial charge is 0.329 e. The van der Waals surface area contributed by atoms with Gasteiger partial charge in [0, 0.05) is 23.2 Å². The van der Waals surface area contributed by atoms with E-state index < -0.39 is 0 Å². The van der Waals surface area contributed by atoms with Gasteiger partial charge in [0.05, 0.1) is 6.04 Å². The Labute approximate surface area is 100 Å². The van der Waals surface area contributed by atoms with Gasteiger partial charge in [0.25, 0.3) is 0 Å². The second-order valence-corrected chi connectivity index (χ2v) is 4.69. The minimum atomic E-state index is -0.268. The molecule has 1 atom stereocenters. The molecule has 2 rings (SSSR count). The van der Waals surface area contributed by atoms with E-state index in [4.69, 9.17) is 17.3 Å². The van der Waals surface area contributed by atoms with Gasteiger partial charge >= 0.3 is 0 Å². The van der Waals surface area contributed by atoms with E-state index in [9.17, 15) is 4.39 Å². The first kappa shape index (κ1) is 11.8. The topological polar surface area (TPSA) is 29.3 Å². The van der Waals surface area contributed by atoms with Gasteiger partial charge < -0.3 is 5.73 Å². The summed E-state index contributed by atoms with van der Waals surface area (Å²) in [4.78, 5) is 2.13. The Balaban J connectivity index is 2.31. The molecule has 0 spiro atoms. The molecule has 1 aromatic carbocycles. The SMILES string of the molecule is CN(C1CC1)C(CN)c1c(F)cccc1Cl. The van der Waals surface area contributed by atoms with E-state index in [1.807, 2.05) is 7.05 Å². The number of halogens is 2. The van der Waals surface area contributed by atoms with Crippen LogP contribution in [0.25, 0.3) is 0 Å². The van der Waals surface area contributed by atoms with Crippen molar-refractivity contribution >= 4 is 11.6 Å². The molecule has 0 radical (unpaired) electrons. The number of nitrogens with zero attached hydrogens (tertiary/aromatic N) is 1. The molecule has 1 aromatic rings. The first-order valence-corrected chi connectivity index (χ1v) is 5.89. The highest BCUT2D eigenvalue weighted by atomic mass is 35.5. The third kappa shape index (κ3) is 2.21. The van der Waals surface area contributed by atoms with E-state index in [2.05, 4.69) is 4.90 Å². The minimum absolute atomic E-state index is 0.124. The summed E-state index contributed by atoms with van der Waals surface area (Å²) >= 11 is 6.05. The van der Waals surface area contributed by atoms with Crippen LogP contribution >= 0.6 is 11.6 Å². The molecule has 0 amide bonds. The van der Waals surface area contributed by atoms with Crippen molar-refractivity contribution < 1.29 is 4.39 Å². The maximum Gasteiger partial charge on any atom is 0.129 e. The van der Waals surface area contributed by atoms with Crippen LogP contribution in [-0.4, -0.2) is 24.5 Å². The fraction of sp³-hybridized carbons (Fsp3) is 0.500. The summed E-state index contributed by atoms with van der Waals surface area (Å²) in [6, 6.07) is 5.17. The predicted octanol–water partition coefficient (Wildman–Crippen LogP) is 2.57. The Bertz CT molecular complexity index is 359. The van der Waals surface area contributed by atoms with Crippen LogP contribution in [0.2, 0.25) is 5.02 Å². The average Bonchev–Trinajstić information content (AvgIpc) is 3.06. The Morgan fingerprint density at radius 3 is 2.75 bits per heavy atom. The summed E-state index contributed by atoms with van der Waals surface area (Å²) in [7, 11) is 1.98. The van der Waals surface area contributed by atoms with E-state index in [0.29, 0.717) is 23.2 Å². The number of hydrogen-bond acceptors (Lipinski definition) is 2. The lowest BCUT2D eigenvalue weighted by molar-refractivity contribution is 0.235. The summed E-state index contributed by atoms with van der Waals surface area (Å²) in [5.74, 6) is -0.268. The molecule has 2 nitrogen and oxygen atoms in total. The Kier molecular flexibility index (Phi) is 3.47. The molecule has 1 aliphatic carbocycles. The normalized spacial score (nSPS) is 17.8.